The fraction of sp³-hybridized carbons (Fsp3) is 0.588. The number of piperidine rings is 1. The van der Waals surface area contributed by atoms with E-state index in [4.69, 9.17) is 0 Å². The van der Waals surface area contributed by atoms with Crippen LogP contribution in [-0.2, 0) is 14.8 Å². The summed E-state index contributed by atoms with van der Waals surface area (Å²) >= 11 is 0. The van der Waals surface area contributed by atoms with Crippen LogP contribution in [0.3, 0.4) is 0 Å². The van der Waals surface area contributed by atoms with E-state index in [9.17, 15) is 13.2 Å². The fourth-order valence-electron chi connectivity index (χ4n) is 3.63. The number of sulfonamides is 1. The van der Waals surface area contributed by atoms with Gasteiger partial charge in [-0.15, -0.1) is 12.4 Å². The predicted octanol–water partition coefficient (Wildman–Crippen LogP) is 1.47. The molecule has 1 N–H and O–H groups in total. The van der Waals surface area contributed by atoms with Crippen LogP contribution in [0.1, 0.15) is 25.7 Å². The fourth-order valence-corrected chi connectivity index (χ4v) is 5.30. The average molecular weight is 388 g/mol. The van der Waals surface area contributed by atoms with Crippen LogP contribution >= 0.6 is 12.4 Å². The lowest BCUT2D eigenvalue weighted by atomic mass is 10.0. The van der Waals surface area contributed by atoms with Crippen LogP contribution in [0.5, 0.6) is 0 Å². The average Bonchev–Trinajstić information content (AvgIpc) is 3.12. The van der Waals surface area contributed by atoms with Crippen molar-refractivity contribution in [2.75, 3.05) is 26.7 Å². The summed E-state index contributed by atoms with van der Waals surface area (Å²) in [5, 5.41) is 3.22. The van der Waals surface area contributed by atoms with Crippen LogP contribution in [0.4, 0.5) is 0 Å². The number of amides is 1. The lowest BCUT2D eigenvalue weighted by molar-refractivity contribution is -0.136. The molecule has 0 aliphatic carbocycles. The van der Waals surface area contributed by atoms with E-state index in [0.29, 0.717) is 32.1 Å². The van der Waals surface area contributed by atoms with Gasteiger partial charge in [0.25, 0.3) is 0 Å². The van der Waals surface area contributed by atoms with Gasteiger partial charge in [0.15, 0.2) is 0 Å². The number of benzene rings is 1. The first-order valence-electron chi connectivity index (χ1n) is 8.57. The third-order valence-electron chi connectivity index (χ3n) is 4.98. The van der Waals surface area contributed by atoms with Crippen molar-refractivity contribution < 1.29 is 13.2 Å². The number of nitrogens with one attached hydrogen (secondary N) is 1. The van der Waals surface area contributed by atoms with Gasteiger partial charge in [0.05, 0.1) is 4.90 Å². The molecule has 0 spiro atoms. The number of nitrogens with zero attached hydrogens (tertiary/aromatic N) is 2. The topological polar surface area (TPSA) is 69.7 Å². The highest BCUT2D eigenvalue weighted by atomic mass is 35.5. The lowest BCUT2D eigenvalue weighted by Crippen LogP contribution is -2.53. The Morgan fingerprint density at radius 2 is 1.80 bits per heavy atom. The summed E-state index contributed by atoms with van der Waals surface area (Å²) in [5.74, 6) is -0.0491. The second-order valence-corrected chi connectivity index (χ2v) is 8.39. The van der Waals surface area contributed by atoms with Gasteiger partial charge in [-0.25, -0.2) is 8.42 Å². The van der Waals surface area contributed by atoms with Gasteiger partial charge in [0, 0.05) is 25.7 Å². The van der Waals surface area contributed by atoms with Crippen molar-refractivity contribution in [3.8, 4) is 0 Å². The first-order valence-corrected chi connectivity index (χ1v) is 10.0. The summed E-state index contributed by atoms with van der Waals surface area (Å²) in [7, 11) is -1.72. The Labute approximate surface area is 156 Å². The quantitative estimate of drug-likeness (QED) is 0.849. The monoisotopic (exact) mass is 387 g/mol. The summed E-state index contributed by atoms with van der Waals surface area (Å²) < 4.78 is 27.2. The number of carbonyl (C=O) groups excluding carboxylic acids is 1. The maximum atomic E-state index is 12.9. The summed E-state index contributed by atoms with van der Waals surface area (Å²) in [6.07, 6.45) is 3.34. The van der Waals surface area contributed by atoms with Crippen LogP contribution in [0.2, 0.25) is 0 Å². The minimum absolute atomic E-state index is 0. The Morgan fingerprint density at radius 1 is 1.12 bits per heavy atom. The van der Waals surface area contributed by atoms with Gasteiger partial charge in [-0.3, -0.25) is 4.79 Å². The zero-order chi connectivity index (χ0) is 17.2. The number of carbonyl (C=O) groups is 1. The SMILES string of the molecule is CNC1CCCN(C(=O)C2CCCN2S(=O)(=O)c2ccccc2)C1.Cl. The standard InChI is InChI=1S/C17H25N3O3S.ClH/c1-18-14-7-5-11-19(13-14)17(21)16-10-6-12-20(16)24(22,23)15-8-3-2-4-9-15;/h2-4,8-9,14,16,18H,5-7,10-13H2,1H3;1H. The van der Waals surface area contributed by atoms with Crippen molar-refractivity contribution in [3.05, 3.63) is 30.3 Å². The largest absolute Gasteiger partial charge is 0.340 e. The first kappa shape index (κ1) is 20.2. The van der Waals surface area contributed by atoms with E-state index in [-0.39, 0.29) is 23.2 Å². The Kier molecular flexibility index (Phi) is 6.85. The van der Waals surface area contributed by atoms with E-state index in [1.54, 1.807) is 30.3 Å². The summed E-state index contributed by atoms with van der Waals surface area (Å²) in [6.45, 7) is 1.79. The smallest absolute Gasteiger partial charge is 0.243 e. The second-order valence-electron chi connectivity index (χ2n) is 6.50. The highest BCUT2D eigenvalue weighted by Gasteiger charge is 2.41. The molecule has 0 saturated carbocycles. The zero-order valence-electron chi connectivity index (χ0n) is 14.4. The number of halogens is 1. The first-order chi connectivity index (χ1) is 11.5. The second kappa shape index (κ2) is 8.49. The Bertz CT molecular complexity index is 684. The molecule has 2 heterocycles. The molecule has 2 unspecified atom stereocenters. The number of hydrogen-bond donors (Lipinski definition) is 1. The van der Waals surface area contributed by atoms with E-state index in [1.165, 1.54) is 4.31 Å². The van der Waals surface area contributed by atoms with Gasteiger partial charge < -0.3 is 10.2 Å². The molecule has 2 atom stereocenters. The molecule has 0 radical (unpaired) electrons. The van der Waals surface area contributed by atoms with Crippen molar-refractivity contribution in [1.29, 1.82) is 0 Å². The van der Waals surface area contributed by atoms with Crippen LogP contribution in [0.15, 0.2) is 35.2 Å². The minimum Gasteiger partial charge on any atom is -0.340 e. The highest BCUT2D eigenvalue weighted by molar-refractivity contribution is 7.89. The van der Waals surface area contributed by atoms with Gasteiger partial charge in [0.1, 0.15) is 6.04 Å². The third-order valence-corrected chi connectivity index (χ3v) is 6.90. The van der Waals surface area contributed by atoms with Crippen molar-refractivity contribution in [1.82, 2.24) is 14.5 Å². The number of hydrogen-bond acceptors (Lipinski definition) is 4. The molecule has 0 bridgehead atoms. The van der Waals surface area contributed by atoms with Gasteiger partial charge in [-0.05, 0) is 44.9 Å². The molecule has 8 heteroatoms. The Morgan fingerprint density at radius 3 is 2.48 bits per heavy atom. The van der Waals surface area contributed by atoms with E-state index in [1.807, 2.05) is 11.9 Å². The molecule has 2 saturated heterocycles. The van der Waals surface area contributed by atoms with Crippen molar-refractivity contribution >= 4 is 28.3 Å². The van der Waals surface area contributed by atoms with Gasteiger partial charge >= 0.3 is 0 Å². The van der Waals surface area contributed by atoms with E-state index in [2.05, 4.69) is 5.32 Å². The van der Waals surface area contributed by atoms with Crippen molar-refractivity contribution in [3.63, 3.8) is 0 Å². The molecule has 6 nitrogen and oxygen atoms in total. The molecule has 2 aliphatic rings. The van der Waals surface area contributed by atoms with E-state index in [0.717, 1.165) is 19.3 Å². The van der Waals surface area contributed by atoms with E-state index >= 15 is 0 Å². The summed E-state index contributed by atoms with van der Waals surface area (Å²) in [5.41, 5.74) is 0. The van der Waals surface area contributed by atoms with E-state index < -0.39 is 16.1 Å². The maximum Gasteiger partial charge on any atom is 0.243 e. The van der Waals surface area contributed by atoms with Crippen LogP contribution in [0.25, 0.3) is 0 Å². The highest BCUT2D eigenvalue weighted by Crippen LogP contribution is 2.28. The summed E-state index contributed by atoms with van der Waals surface area (Å²) in [4.78, 5) is 15.0. The Balaban J connectivity index is 0.00000225. The normalized spacial score (nSPS) is 24.8. The number of likely N-dealkylation sites (tertiary alicyclic amines) is 1. The van der Waals surface area contributed by atoms with Crippen LogP contribution in [-0.4, -0.2) is 62.3 Å². The number of likely N-dealkylation sites (N-methyl/N-ethyl adjacent to an activating group) is 1. The van der Waals surface area contributed by atoms with Gasteiger partial charge in [-0.1, -0.05) is 18.2 Å². The lowest BCUT2D eigenvalue weighted by Gasteiger charge is -2.35. The predicted molar refractivity (Wildman–Crippen MR) is 99.3 cm³/mol. The molecular formula is C17H26ClN3O3S. The van der Waals surface area contributed by atoms with Gasteiger partial charge in [0.2, 0.25) is 15.9 Å². The molecule has 0 aromatic heterocycles. The molecule has 25 heavy (non-hydrogen) atoms. The molecule has 2 aliphatic heterocycles. The minimum atomic E-state index is -3.62. The molecule has 3 rings (SSSR count). The molecule has 2 fully saturated rings. The maximum absolute atomic E-state index is 12.9. The molecular weight excluding hydrogens is 362 g/mol. The van der Waals surface area contributed by atoms with Gasteiger partial charge in [-0.2, -0.15) is 4.31 Å². The Hall–Kier alpha value is -1.15. The van der Waals surface area contributed by atoms with Crippen LogP contribution < -0.4 is 5.32 Å². The van der Waals surface area contributed by atoms with Crippen molar-refractivity contribution in [2.45, 2.75) is 42.7 Å². The van der Waals surface area contributed by atoms with Crippen molar-refractivity contribution in [2.24, 2.45) is 0 Å². The third kappa shape index (κ3) is 4.16. The number of rotatable bonds is 4. The summed E-state index contributed by atoms with van der Waals surface area (Å²) in [6, 6.07) is 8.12. The molecule has 1 amide bonds. The molecule has 1 aromatic rings. The zero-order valence-corrected chi connectivity index (χ0v) is 16.1. The molecule has 140 valence electrons. The molecule has 1 aromatic carbocycles. The van der Waals surface area contributed by atoms with Crippen LogP contribution in [0, 0.1) is 0 Å².